The maximum atomic E-state index is 12.4. The lowest BCUT2D eigenvalue weighted by atomic mass is 9.97. The maximum Gasteiger partial charge on any atom is 0.313 e. The fraction of sp³-hybridized carbons (Fsp3) is 0.556. The Hall–Kier alpha value is -1.84. The molecular weight excluding hydrogens is 276 g/mol. The smallest absolute Gasteiger partial charge is 0.313 e. The molecule has 1 heterocycles. The van der Waals surface area contributed by atoms with Crippen LogP contribution in [-0.4, -0.2) is 28.8 Å². The number of anilines is 1. The van der Waals surface area contributed by atoms with Crippen LogP contribution >= 0.6 is 0 Å². The monoisotopic (exact) mass is 302 g/mol. The molecule has 22 heavy (non-hydrogen) atoms. The number of likely N-dealkylation sites (tertiary alicyclic amines) is 1. The fourth-order valence-electron chi connectivity index (χ4n) is 3.07. The van der Waals surface area contributed by atoms with Gasteiger partial charge in [0.1, 0.15) is 0 Å². The summed E-state index contributed by atoms with van der Waals surface area (Å²) in [5, 5.41) is 2.72. The Morgan fingerprint density at radius 1 is 1.09 bits per heavy atom. The number of hydrogen-bond donors (Lipinski definition) is 1. The quantitative estimate of drug-likeness (QED) is 0.850. The Bertz CT molecular complexity index is 527. The van der Waals surface area contributed by atoms with Crippen molar-refractivity contribution in [1.29, 1.82) is 0 Å². The van der Waals surface area contributed by atoms with Gasteiger partial charge in [-0.05, 0) is 56.7 Å². The topological polar surface area (TPSA) is 49.4 Å². The van der Waals surface area contributed by atoms with Gasteiger partial charge < -0.3 is 10.2 Å². The molecule has 1 aromatic rings. The summed E-state index contributed by atoms with van der Waals surface area (Å²) >= 11 is 0. The average Bonchev–Trinajstić information content (AvgIpc) is 2.47. The van der Waals surface area contributed by atoms with E-state index < -0.39 is 11.8 Å². The van der Waals surface area contributed by atoms with Crippen LogP contribution in [-0.2, 0) is 9.59 Å². The van der Waals surface area contributed by atoms with Crippen molar-refractivity contribution in [3.8, 4) is 0 Å². The molecule has 120 valence electrons. The van der Waals surface area contributed by atoms with Crippen LogP contribution in [0.4, 0.5) is 5.69 Å². The molecular formula is C18H26N2O2. The molecule has 4 nitrogen and oxygen atoms in total. The van der Waals surface area contributed by atoms with Gasteiger partial charge in [0.05, 0.1) is 0 Å². The Labute approximate surface area is 132 Å². The van der Waals surface area contributed by atoms with Crippen LogP contribution in [0.2, 0.25) is 0 Å². The van der Waals surface area contributed by atoms with Crippen molar-refractivity contribution in [2.24, 2.45) is 0 Å². The summed E-state index contributed by atoms with van der Waals surface area (Å²) in [5.41, 5.74) is 1.88. The van der Waals surface area contributed by atoms with Crippen molar-refractivity contribution in [2.75, 3.05) is 5.32 Å². The number of benzene rings is 1. The summed E-state index contributed by atoms with van der Waals surface area (Å²) in [7, 11) is 0. The minimum atomic E-state index is -0.544. The molecule has 1 aliphatic heterocycles. The van der Waals surface area contributed by atoms with Crippen molar-refractivity contribution in [2.45, 2.75) is 65.0 Å². The van der Waals surface area contributed by atoms with Crippen LogP contribution in [0, 0.1) is 0 Å². The highest BCUT2D eigenvalue weighted by Crippen LogP contribution is 2.23. The highest BCUT2D eigenvalue weighted by Gasteiger charge is 2.32. The molecule has 2 unspecified atom stereocenters. The number of amides is 2. The van der Waals surface area contributed by atoms with Gasteiger partial charge in [0, 0.05) is 17.8 Å². The van der Waals surface area contributed by atoms with Crippen molar-refractivity contribution >= 4 is 17.5 Å². The van der Waals surface area contributed by atoms with Gasteiger partial charge in [0.2, 0.25) is 0 Å². The minimum Gasteiger partial charge on any atom is -0.329 e. The van der Waals surface area contributed by atoms with Crippen LogP contribution in [0.3, 0.4) is 0 Å². The average molecular weight is 302 g/mol. The molecule has 0 spiro atoms. The standard InChI is InChI=1S/C18H26N2O2/c1-12(2)15-8-10-16(11-9-15)19-17(21)18(22)20-13(3)6-5-7-14(20)4/h8-14H,5-7H2,1-4H3,(H,19,21). The molecule has 1 aromatic carbocycles. The van der Waals surface area contributed by atoms with E-state index in [-0.39, 0.29) is 12.1 Å². The lowest BCUT2D eigenvalue weighted by Crippen LogP contribution is -2.51. The van der Waals surface area contributed by atoms with E-state index >= 15 is 0 Å². The van der Waals surface area contributed by atoms with Gasteiger partial charge in [-0.25, -0.2) is 0 Å². The van der Waals surface area contributed by atoms with Crippen LogP contribution in [0.25, 0.3) is 0 Å². The Kier molecular flexibility index (Phi) is 5.22. The van der Waals surface area contributed by atoms with Gasteiger partial charge in [0.25, 0.3) is 0 Å². The van der Waals surface area contributed by atoms with Crippen LogP contribution in [0.1, 0.15) is 58.4 Å². The summed E-state index contributed by atoms with van der Waals surface area (Å²) in [6, 6.07) is 7.93. The lowest BCUT2D eigenvalue weighted by molar-refractivity contribution is -0.147. The molecule has 1 fully saturated rings. The predicted molar refractivity (Wildman–Crippen MR) is 88.8 cm³/mol. The van der Waals surface area contributed by atoms with Gasteiger partial charge in [-0.1, -0.05) is 26.0 Å². The van der Waals surface area contributed by atoms with E-state index in [4.69, 9.17) is 0 Å². The summed E-state index contributed by atoms with van der Waals surface area (Å²) in [4.78, 5) is 26.4. The van der Waals surface area contributed by atoms with Gasteiger partial charge in [-0.2, -0.15) is 0 Å². The first-order chi connectivity index (χ1) is 10.4. The zero-order chi connectivity index (χ0) is 16.3. The van der Waals surface area contributed by atoms with Crippen molar-refractivity contribution in [1.82, 2.24) is 4.90 Å². The van der Waals surface area contributed by atoms with Gasteiger partial charge in [0.15, 0.2) is 0 Å². The number of piperidine rings is 1. The van der Waals surface area contributed by atoms with E-state index in [1.54, 1.807) is 4.90 Å². The molecule has 4 heteroatoms. The first kappa shape index (κ1) is 16.5. The van der Waals surface area contributed by atoms with E-state index in [2.05, 4.69) is 19.2 Å². The molecule has 2 rings (SSSR count). The van der Waals surface area contributed by atoms with Crippen LogP contribution in [0.15, 0.2) is 24.3 Å². The van der Waals surface area contributed by atoms with Crippen LogP contribution < -0.4 is 5.32 Å². The largest absolute Gasteiger partial charge is 0.329 e. The summed E-state index contributed by atoms with van der Waals surface area (Å²) < 4.78 is 0. The molecule has 1 saturated heterocycles. The number of rotatable bonds is 2. The highest BCUT2D eigenvalue weighted by molar-refractivity contribution is 6.39. The Morgan fingerprint density at radius 2 is 1.64 bits per heavy atom. The van der Waals surface area contributed by atoms with Crippen molar-refractivity contribution in [3.05, 3.63) is 29.8 Å². The third kappa shape index (κ3) is 3.67. The molecule has 2 amide bonds. The Balaban J connectivity index is 2.03. The molecule has 0 aliphatic carbocycles. The van der Waals surface area contributed by atoms with E-state index in [0.29, 0.717) is 11.6 Å². The van der Waals surface area contributed by atoms with Gasteiger partial charge in [-0.15, -0.1) is 0 Å². The number of nitrogens with zero attached hydrogens (tertiary/aromatic N) is 1. The van der Waals surface area contributed by atoms with E-state index in [1.807, 2.05) is 38.1 Å². The first-order valence-electron chi connectivity index (χ1n) is 8.13. The first-order valence-corrected chi connectivity index (χ1v) is 8.13. The summed E-state index contributed by atoms with van der Waals surface area (Å²) in [6.07, 6.45) is 3.04. The molecule has 2 atom stereocenters. The second kappa shape index (κ2) is 6.95. The minimum absolute atomic E-state index is 0.130. The fourth-order valence-corrected chi connectivity index (χ4v) is 3.07. The number of carbonyl (C=O) groups is 2. The van der Waals surface area contributed by atoms with Crippen LogP contribution in [0.5, 0.6) is 0 Å². The molecule has 0 radical (unpaired) electrons. The van der Waals surface area contributed by atoms with Gasteiger partial charge >= 0.3 is 11.8 Å². The van der Waals surface area contributed by atoms with Gasteiger partial charge in [-0.3, -0.25) is 9.59 Å². The summed E-state index contributed by atoms with van der Waals surface area (Å²) in [5.74, 6) is -0.521. The number of nitrogens with one attached hydrogen (secondary N) is 1. The molecule has 1 aliphatic rings. The number of hydrogen-bond acceptors (Lipinski definition) is 2. The number of carbonyl (C=O) groups excluding carboxylic acids is 2. The third-order valence-corrected chi connectivity index (χ3v) is 4.46. The summed E-state index contributed by atoms with van der Waals surface area (Å²) in [6.45, 7) is 8.27. The highest BCUT2D eigenvalue weighted by atomic mass is 16.2. The van der Waals surface area contributed by atoms with E-state index in [1.165, 1.54) is 5.56 Å². The third-order valence-electron chi connectivity index (χ3n) is 4.46. The normalized spacial score (nSPS) is 21.8. The van der Waals surface area contributed by atoms with Crippen molar-refractivity contribution in [3.63, 3.8) is 0 Å². The molecule has 0 saturated carbocycles. The molecule has 0 bridgehead atoms. The van der Waals surface area contributed by atoms with Crippen molar-refractivity contribution < 1.29 is 9.59 Å². The zero-order valence-electron chi connectivity index (χ0n) is 13.9. The van der Waals surface area contributed by atoms with E-state index in [0.717, 1.165) is 19.3 Å². The molecule has 0 aromatic heterocycles. The lowest BCUT2D eigenvalue weighted by Gasteiger charge is -2.38. The maximum absolute atomic E-state index is 12.4. The van der Waals surface area contributed by atoms with E-state index in [9.17, 15) is 9.59 Å². The SMILES string of the molecule is CC(C)c1ccc(NC(=O)C(=O)N2C(C)CCCC2C)cc1. The molecule has 1 N–H and O–H groups in total. The Morgan fingerprint density at radius 3 is 2.14 bits per heavy atom. The second-order valence-corrected chi connectivity index (χ2v) is 6.57. The predicted octanol–water partition coefficient (Wildman–Crippen LogP) is 3.54. The second-order valence-electron chi connectivity index (χ2n) is 6.57. The zero-order valence-corrected chi connectivity index (χ0v) is 13.9.